The molecular weight excluding hydrogens is 284 g/mol. The molecule has 2 heterocycles. The van der Waals surface area contributed by atoms with Crippen molar-refractivity contribution in [1.29, 1.82) is 5.26 Å². The summed E-state index contributed by atoms with van der Waals surface area (Å²) >= 11 is 0. The van der Waals surface area contributed by atoms with Crippen LogP contribution in [0.25, 0.3) is 16.9 Å². The molecule has 4 nitrogen and oxygen atoms in total. The van der Waals surface area contributed by atoms with Gasteiger partial charge in [-0.15, -0.1) is 0 Å². The molecule has 0 bridgehead atoms. The van der Waals surface area contributed by atoms with Gasteiger partial charge < -0.3 is 0 Å². The predicted molar refractivity (Wildman–Crippen MR) is 89.0 cm³/mol. The molecule has 0 saturated heterocycles. The molecule has 2 aromatic heterocycles. The summed E-state index contributed by atoms with van der Waals surface area (Å²) in [5, 5.41) is 13.3. The van der Waals surface area contributed by atoms with E-state index in [1.807, 2.05) is 12.3 Å². The maximum atomic E-state index is 9.12. The van der Waals surface area contributed by atoms with Crippen molar-refractivity contribution in [2.45, 2.75) is 38.0 Å². The van der Waals surface area contributed by atoms with Crippen molar-refractivity contribution in [1.82, 2.24) is 14.6 Å². The Labute approximate surface area is 135 Å². The van der Waals surface area contributed by atoms with Crippen LogP contribution in [0.2, 0.25) is 0 Å². The van der Waals surface area contributed by atoms with Crippen molar-refractivity contribution in [3.8, 4) is 17.3 Å². The van der Waals surface area contributed by atoms with Crippen molar-refractivity contribution < 1.29 is 0 Å². The molecule has 1 fully saturated rings. The molecule has 1 aliphatic carbocycles. The Morgan fingerprint density at radius 1 is 1.04 bits per heavy atom. The van der Waals surface area contributed by atoms with Gasteiger partial charge in [0.2, 0.25) is 0 Å². The lowest BCUT2D eigenvalue weighted by atomic mass is 9.84. The van der Waals surface area contributed by atoms with E-state index in [2.05, 4.69) is 40.4 Å². The number of hydrogen-bond donors (Lipinski definition) is 0. The summed E-state index contributed by atoms with van der Waals surface area (Å²) < 4.78 is 1.64. The lowest BCUT2D eigenvalue weighted by Crippen LogP contribution is -2.04. The Morgan fingerprint density at radius 2 is 1.83 bits per heavy atom. The highest BCUT2D eigenvalue weighted by Crippen LogP contribution is 2.33. The van der Waals surface area contributed by atoms with Gasteiger partial charge >= 0.3 is 0 Å². The predicted octanol–water partition coefficient (Wildman–Crippen LogP) is 4.32. The van der Waals surface area contributed by atoms with Gasteiger partial charge in [0, 0.05) is 11.8 Å². The molecule has 0 radical (unpaired) electrons. The van der Waals surface area contributed by atoms with E-state index in [9.17, 15) is 0 Å². The number of aromatic nitrogens is 3. The first kappa shape index (κ1) is 14.0. The fourth-order valence-corrected chi connectivity index (χ4v) is 3.47. The van der Waals surface area contributed by atoms with Crippen molar-refractivity contribution in [3.05, 3.63) is 53.9 Å². The van der Waals surface area contributed by atoms with E-state index >= 15 is 0 Å². The topological polar surface area (TPSA) is 54.0 Å². The van der Waals surface area contributed by atoms with Crippen LogP contribution in [0.4, 0.5) is 0 Å². The summed E-state index contributed by atoms with van der Waals surface area (Å²) in [5.41, 5.74) is 4.52. The summed E-state index contributed by atoms with van der Waals surface area (Å²) in [7, 11) is 0. The second kappa shape index (κ2) is 5.85. The molecule has 0 unspecified atom stereocenters. The maximum absolute atomic E-state index is 9.12. The Hall–Kier alpha value is -2.67. The highest BCUT2D eigenvalue weighted by Gasteiger charge is 2.15. The van der Waals surface area contributed by atoms with Gasteiger partial charge in [0.1, 0.15) is 11.6 Å². The minimum Gasteiger partial charge on any atom is -0.227 e. The zero-order valence-electron chi connectivity index (χ0n) is 12.9. The first-order valence-corrected chi connectivity index (χ1v) is 8.20. The Balaban J connectivity index is 1.66. The average Bonchev–Trinajstić information content (AvgIpc) is 3.05. The molecular formula is C19H18N4. The summed E-state index contributed by atoms with van der Waals surface area (Å²) in [5.74, 6) is 0.716. The van der Waals surface area contributed by atoms with E-state index in [1.165, 1.54) is 37.7 Å². The van der Waals surface area contributed by atoms with Crippen molar-refractivity contribution >= 4 is 5.65 Å². The summed E-state index contributed by atoms with van der Waals surface area (Å²) in [6.07, 6.45) is 10.1. The number of benzene rings is 1. The fraction of sp³-hybridized carbons (Fsp3) is 0.316. The van der Waals surface area contributed by atoms with Gasteiger partial charge in [-0.05, 0) is 30.4 Å². The molecule has 23 heavy (non-hydrogen) atoms. The highest BCUT2D eigenvalue weighted by molar-refractivity contribution is 5.64. The van der Waals surface area contributed by atoms with E-state index in [0.717, 1.165) is 11.3 Å². The fourth-order valence-electron chi connectivity index (χ4n) is 3.47. The lowest BCUT2D eigenvalue weighted by molar-refractivity contribution is 0.443. The highest BCUT2D eigenvalue weighted by atomic mass is 15.2. The molecule has 0 spiro atoms. The Bertz CT molecular complexity index is 865. The van der Waals surface area contributed by atoms with Crippen LogP contribution >= 0.6 is 0 Å². The third-order valence-electron chi connectivity index (χ3n) is 4.77. The van der Waals surface area contributed by atoms with Crippen LogP contribution in [0.3, 0.4) is 0 Å². The first-order valence-electron chi connectivity index (χ1n) is 8.20. The second-order valence-corrected chi connectivity index (χ2v) is 6.21. The number of hydrogen-bond acceptors (Lipinski definition) is 3. The zero-order chi connectivity index (χ0) is 15.6. The first-order chi connectivity index (χ1) is 11.3. The summed E-state index contributed by atoms with van der Waals surface area (Å²) in [6.45, 7) is 0. The maximum Gasteiger partial charge on any atom is 0.173 e. The van der Waals surface area contributed by atoms with Gasteiger partial charge in [0.05, 0.1) is 11.9 Å². The minimum atomic E-state index is 0.505. The average molecular weight is 302 g/mol. The van der Waals surface area contributed by atoms with Crippen LogP contribution < -0.4 is 0 Å². The van der Waals surface area contributed by atoms with Gasteiger partial charge in [-0.25, -0.2) is 9.50 Å². The number of nitriles is 1. The van der Waals surface area contributed by atoms with Crippen LogP contribution in [0.1, 0.15) is 49.1 Å². The summed E-state index contributed by atoms with van der Waals surface area (Å²) in [4.78, 5) is 4.60. The quantitative estimate of drug-likeness (QED) is 0.708. The number of nitrogens with zero attached hydrogens (tertiary/aromatic N) is 4. The SMILES string of the molecule is N#Cc1cnn2ccc(-c3ccc(C4CCCCC4)cc3)nc12. The van der Waals surface area contributed by atoms with Gasteiger partial charge in [-0.3, -0.25) is 0 Å². The molecule has 0 N–H and O–H groups in total. The molecule has 1 aliphatic rings. The van der Waals surface area contributed by atoms with Crippen LogP contribution in [-0.2, 0) is 0 Å². The van der Waals surface area contributed by atoms with Gasteiger partial charge in [0.15, 0.2) is 5.65 Å². The van der Waals surface area contributed by atoms with Crippen LogP contribution in [0.15, 0.2) is 42.7 Å². The molecule has 0 atom stereocenters. The van der Waals surface area contributed by atoms with Crippen LogP contribution in [0.5, 0.6) is 0 Å². The molecule has 3 aromatic rings. The van der Waals surface area contributed by atoms with E-state index in [4.69, 9.17) is 5.26 Å². The third kappa shape index (κ3) is 2.59. The van der Waals surface area contributed by atoms with Gasteiger partial charge in [-0.2, -0.15) is 10.4 Å². The standard InChI is InChI=1S/C19H18N4/c20-12-17-13-21-23-11-10-18(22-19(17)23)16-8-6-15(7-9-16)14-4-2-1-3-5-14/h6-11,13-14H,1-5H2. The molecule has 4 heteroatoms. The number of fused-ring (bicyclic) bond motifs is 1. The second-order valence-electron chi connectivity index (χ2n) is 6.21. The smallest absolute Gasteiger partial charge is 0.173 e. The molecule has 0 amide bonds. The Kier molecular flexibility index (Phi) is 3.55. The van der Waals surface area contributed by atoms with E-state index in [-0.39, 0.29) is 0 Å². The van der Waals surface area contributed by atoms with Crippen molar-refractivity contribution in [2.24, 2.45) is 0 Å². The normalized spacial score (nSPS) is 15.6. The van der Waals surface area contributed by atoms with E-state index in [1.54, 1.807) is 10.7 Å². The summed E-state index contributed by atoms with van der Waals surface area (Å²) in [6, 6.07) is 12.8. The largest absolute Gasteiger partial charge is 0.227 e. The molecule has 0 aliphatic heterocycles. The van der Waals surface area contributed by atoms with Crippen LogP contribution in [0, 0.1) is 11.3 Å². The van der Waals surface area contributed by atoms with Crippen molar-refractivity contribution in [2.75, 3.05) is 0 Å². The van der Waals surface area contributed by atoms with E-state index in [0.29, 0.717) is 17.1 Å². The Morgan fingerprint density at radius 3 is 2.57 bits per heavy atom. The molecule has 1 aromatic carbocycles. The monoisotopic (exact) mass is 302 g/mol. The van der Waals surface area contributed by atoms with Crippen molar-refractivity contribution in [3.63, 3.8) is 0 Å². The zero-order valence-corrected chi connectivity index (χ0v) is 12.9. The van der Waals surface area contributed by atoms with Crippen LogP contribution in [-0.4, -0.2) is 14.6 Å². The molecule has 4 rings (SSSR count). The van der Waals surface area contributed by atoms with E-state index < -0.39 is 0 Å². The minimum absolute atomic E-state index is 0.505. The van der Waals surface area contributed by atoms with Gasteiger partial charge in [0.25, 0.3) is 0 Å². The lowest BCUT2D eigenvalue weighted by Gasteiger charge is -2.22. The number of rotatable bonds is 2. The third-order valence-corrected chi connectivity index (χ3v) is 4.77. The van der Waals surface area contributed by atoms with Gasteiger partial charge in [-0.1, -0.05) is 43.5 Å². The molecule has 1 saturated carbocycles. The molecule has 114 valence electrons.